The molecular weight excluding hydrogens is 418 g/mol. The third kappa shape index (κ3) is 4.34. The predicted octanol–water partition coefficient (Wildman–Crippen LogP) is 4.13. The molecule has 3 aromatic carbocycles. The van der Waals surface area contributed by atoms with Crippen LogP contribution in [0.5, 0.6) is 5.75 Å². The summed E-state index contributed by atoms with van der Waals surface area (Å²) in [5.41, 5.74) is 1.57. The lowest BCUT2D eigenvalue weighted by Gasteiger charge is -2.25. The van der Waals surface area contributed by atoms with E-state index in [1.807, 2.05) is 6.07 Å². The van der Waals surface area contributed by atoms with Crippen LogP contribution in [0.3, 0.4) is 0 Å². The topological polar surface area (TPSA) is 75.7 Å². The number of benzene rings is 3. The van der Waals surface area contributed by atoms with Crippen LogP contribution in [0.25, 0.3) is 0 Å². The van der Waals surface area contributed by atoms with Gasteiger partial charge < -0.3 is 10.1 Å². The van der Waals surface area contributed by atoms with E-state index >= 15 is 0 Å². The summed E-state index contributed by atoms with van der Waals surface area (Å²) in [6.45, 7) is -2.96. The van der Waals surface area contributed by atoms with Gasteiger partial charge in [0.1, 0.15) is 11.8 Å². The third-order valence-electron chi connectivity index (χ3n) is 5.06. The number of halogens is 2. The van der Waals surface area contributed by atoms with Crippen molar-refractivity contribution < 1.29 is 27.9 Å². The molecule has 32 heavy (non-hydrogen) atoms. The molecule has 3 aromatic rings. The minimum Gasteiger partial charge on any atom is -0.435 e. The molecular formula is C24H18F2N2O4. The first-order valence-electron chi connectivity index (χ1n) is 9.80. The van der Waals surface area contributed by atoms with Gasteiger partial charge in [0, 0.05) is 12.1 Å². The molecule has 0 aromatic heterocycles. The van der Waals surface area contributed by atoms with Crippen molar-refractivity contribution in [1.82, 2.24) is 4.90 Å². The number of hydrogen-bond donors (Lipinski definition) is 1. The van der Waals surface area contributed by atoms with E-state index in [1.54, 1.807) is 48.5 Å². The van der Waals surface area contributed by atoms with Gasteiger partial charge in [0.15, 0.2) is 0 Å². The Kier molecular flexibility index (Phi) is 5.93. The fourth-order valence-corrected chi connectivity index (χ4v) is 3.57. The largest absolute Gasteiger partial charge is 0.435 e. The molecule has 0 aliphatic carbocycles. The molecule has 3 amide bonds. The first kappa shape index (κ1) is 21.2. The number of nitrogens with one attached hydrogen (secondary N) is 1. The van der Waals surface area contributed by atoms with E-state index in [-0.39, 0.29) is 23.3 Å². The monoisotopic (exact) mass is 436 g/mol. The van der Waals surface area contributed by atoms with Gasteiger partial charge in [-0.25, -0.2) is 0 Å². The highest BCUT2D eigenvalue weighted by molar-refractivity contribution is 6.23. The number of imide groups is 1. The van der Waals surface area contributed by atoms with Crippen LogP contribution < -0.4 is 10.1 Å². The number of alkyl halides is 2. The van der Waals surface area contributed by atoms with Gasteiger partial charge in [0.25, 0.3) is 11.8 Å². The lowest BCUT2D eigenvalue weighted by atomic mass is 10.0. The van der Waals surface area contributed by atoms with Crippen LogP contribution in [0.15, 0.2) is 78.9 Å². The Morgan fingerprint density at radius 1 is 0.844 bits per heavy atom. The normalized spacial score (nSPS) is 13.8. The molecule has 0 saturated carbocycles. The Hall–Kier alpha value is -4.07. The highest BCUT2D eigenvalue weighted by atomic mass is 19.3. The molecule has 8 heteroatoms. The molecule has 0 radical (unpaired) electrons. The maximum atomic E-state index is 13.2. The average molecular weight is 436 g/mol. The Bertz CT molecular complexity index is 1120. The number of ether oxygens (including phenoxy) is 1. The predicted molar refractivity (Wildman–Crippen MR) is 113 cm³/mol. The molecule has 1 atom stereocenters. The molecule has 6 nitrogen and oxygen atoms in total. The second-order valence-electron chi connectivity index (χ2n) is 7.12. The molecule has 1 aliphatic rings. The summed E-state index contributed by atoms with van der Waals surface area (Å²) in [7, 11) is 0. The van der Waals surface area contributed by atoms with E-state index in [4.69, 9.17) is 0 Å². The molecule has 1 unspecified atom stereocenters. The van der Waals surface area contributed by atoms with Gasteiger partial charge in [0.05, 0.1) is 11.1 Å². The van der Waals surface area contributed by atoms with Crippen molar-refractivity contribution in [2.75, 3.05) is 5.32 Å². The summed E-state index contributed by atoms with van der Waals surface area (Å²) in [6, 6.07) is 19.7. The van der Waals surface area contributed by atoms with Gasteiger partial charge in [-0.3, -0.25) is 19.3 Å². The van der Waals surface area contributed by atoms with Crippen molar-refractivity contribution in [2.24, 2.45) is 0 Å². The number of rotatable bonds is 7. The second-order valence-corrected chi connectivity index (χ2v) is 7.12. The molecule has 0 bridgehead atoms. The van der Waals surface area contributed by atoms with E-state index < -0.39 is 30.4 Å². The summed E-state index contributed by atoms with van der Waals surface area (Å²) in [5.74, 6) is -1.71. The zero-order chi connectivity index (χ0) is 22.7. The van der Waals surface area contributed by atoms with Crippen molar-refractivity contribution in [3.63, 3.8) is 0 Å². The lowest BCUT2D eigenvalue weighted by Crippen LogP contribution is -2.48. The molecule has 162 valence electrons. The van der Waals surface area contributed by atoms with Crippen LogP contribution in [-0.2, 0) is 11.2 Å². The Balaban J connectivity index is 1.61. The first-order chi connectivity index (χ1) is 15.4. The Morgan fingerprint density at radius 2 is 1.41 bits per heavy atom. The summed E-state index contributed by atoms with van der Waals surface area (Å²) in [5, 5.41) is 2.66. The quantitative estimate of drug-likeness (QED) is 0.565. The number of nitrogens with zero attached hydrogens (tertiary/aromatic N) is 1. The smallest absolute Gasteiger partial charge is 0.387 e. The number of hydrogen-bond acceptors (Lipinski definition) is 4. The molecule has 1 aliphatic heterocycles. The van der Waals surface area contributed by atoms with Crippen LogP contribution in [0, 0.1) is 0 Å². The van der Waals surface area contributed by atoms with Crippen molar-refractivity contribution in [1.29, 1.82) is 0 Å². The minimum atomic E-state index is -2.96. The summed E-state index contributed by atoms with van der Waals surface area (Å²) < 4.78 is 29.0. The van der Waals surface area contributed by atoms with Crippen molar-refractivity contribution in [2.45, 2.75) is 19.1 Å². The van der Waals surface area contributed by atoms with Gasteiger partial charge in [-0.15, -0.1) is 0 Å². The van der Waals surface area contributed by atoms with Crippen LogP contribution >= 0.6 is 0 Å². The van der Waals surface area contributed by atoms with Gasteiger partial charge in [-0.2, -0.15) is 8.78 Å². The number of anilines is 1. The van der Waals surface area contributed by atoms with Gasteiger partial charge in [-0.1, -0.05) is 42.5 Å². The Labute approximate surface area is 182 Å². The lowest BCUT2D eigenvalue weighted by molar-refractivity contribution is -0.119. The Morgan fingerprint density at radius 3 is 1.97 bits per heavy atom. The van der Waals surface area contributed by atoms with Crippen molar-refractivity contribution in [3.8, 4) is 5.75 Å². The van der Waals surface area contributed by atoms with E-state index in [0.717, 1.165) is 10.5 Å². The third-order valence-corrected chi connectivity index (χ3v) is 5.06. The van der Waals surface area contributed by atoms with Crippen LogP contribution in [-0.4, -0.2) is 35.3 Å². The number of fused-ring (bicyclic) bond motifs is 1. The molecule has 1 N–H and O–H groups in total. The molecule has 1 heterocycles. The van der Waals surface area contributed by atoms with Crippen LogP contribution in [0.2, 0.25) is 0 Å². The fraction of sp³-hybridized carbons (Fsp3) is 0.125. The van der Waals surface area contributed by atoms with Crippen LogP contribution in [0.4, 0.5) is 14.5 Å². The minimum absolute atomic E-state index is 0.0563. The highest BCUT2D eigenvalue weighted by Crippen LogP contribution is 2.27. The van der Waals surface area contributed by atoms with Gasteiger partial charge >= 0.3 is 6.61 Å². The summed E-state index contributed by atoms with van der Waals surface area (Å²) in [4.78, 5) is 40.1. The van der Waals surface area contributed by atoms with Crippen molar-refractivity contribution >= 4 is 23.4 Å². The molecule has 0 saturated heterocycles. The number of carbonyl (C=O) groups excluding carboxylic acids is 3. The second kappa shape index (κ2) is 8.97. The van der Waals surface area contributed by atoms with E-state index in [9.17, 15) is 23.2 Å². The van der Waals surface area contributed by atoms with E-state index in [0.29, 0.717) is 5.69 Å². The van der Waals surface area contributed by atoms with Gasteiger partial charge in [-0.05, 0) is 42.0 Å². The average Bonchev–Trinajstić information content (AvgIpc) is 3.04. The maximum absolute atomic E-state index is 13.2. The highest BCUT2D eigenvalue weighted by Gasteiger charge is 2.42. The standard InChI is InChI=1S/C24H18F2N2O4/c25-24(26)32-17-12-10-16(11-13-17)27-21(29)20(14-15-6-2-1-3-7-15)28-22(30)18-8-4-5-9-19(18)23(28)31/h1-13,20,24H,14H2,(H,27,29). The van der Waals surface area contributed by atoms with Crippen molar-refractivity contribution in [3.05, 3.63) is 95.6 Å². The fourth-order valence-electron chi connectivity index (χ4n) is 3.57. The maximum Gasteiger partial charge on any atom is 0.387 e. The summed E-state index contributed by atoms with van der Waals surface area (Å²) >= 11 is 0. The SMILES string of the molecule is O=C(Nc1ccc(OC(F)F)cc1)C(Cc1ccccc1)N1C(=O)c2ccccc2C1=O. The molecule has 0 fully saturated rings. The van der Waals surface area contributed by atoms with Gasteiger partial charge in [0.2, 0.25) is 5.91 Å². The number of carbonyl (C=O) groups is 3. The molecule has 4 rings (SSSR count). The zero-order valence-electron chi connectivity index (χ0n) is 16.7. The number of amides is 3. The van der Waals surface area contributed by atoms with Crippen LogP contribution in [0.1, 0.15) is 26.3 Å². The first-order valence-corrected chi connectivity index (χ1v) is 9.80. The summed E-state index contributed by atoms with van der Waals surface area (Å²) in [6.07, 6.45) is 0.116. The van der Waals surface area contributed by atoms with E-state index in [1.165, 1.54) is 24.3 Å². The van der Waals surface area contributed by atoms with E-state index in [2.05, 4.69) is 10.1 Å². The molecule has 0 spiro atoms. The zero-order valence-corrected chi connectivity index (χ0v) is 16.7.